The monoisotopic (exact) mass is 223 g/mol. The molecule has 1 nitrogen and oxygen atoms in total. The Balaban J connectivity index is 2.23. The van der Waals surface area contributed by atoms with Gasteiger partial charge in [0.1, 0.15) is 0 Å². The van der Waals surface area contributed by atoms with E-state index in [0.29, 0.717) is 5.92 Å². The highest BCUT2D eigenvalue weighted by atomic mass is 35.5. The maximum atomic E-state index is 6.04. The SMILES string of the molecule is CCCC(C)C1CNc2ccc(Cl)cc21. The van der Waals surface area contributed by atoms with Gasteiger partial charge in [0, 0.05) is 23.2 Å². The van der Waals surface area contributed by atoms with Crippen LogP contribution in [0, 0.1) is 5.92 Å². The molecule has 2 rings (SSSR count). The summed E-state index contributed by atoms with van der Waals surface area (Å²) in [7, 11) is 0. The van der Waals surface area contributed by atoms with Crippen molar-refractivity contribution in [3.63, 3.8) is 0 Å². The normalized spacial score (nSPS) is 20.9. The van der Waals surface area contributed by atoms with E-state index in [1.807, 2.05) is 6.07 Å². The Morgan fingerprint density at radius 1 is 1.53 bits per heavy atom. The van der Waals surface area contributed by atoms with Crippen LogP contribution in [0.4, 0.5) is 5.69 Å². The Hall–Kier alpha value is -0.690. The van der Waals surface area contributed by atoms with Crippen molar-refractivity contribution in [3.05, 3.63) is 28.8 Å². The number of rotatable bonds is 3. The highest BCUT2D eigenvalue weighted by Gasteiger charge is 2.26. The van der Waals surface area contributed by atoms with Crippen molar-refractivity contribution >= 4 is 17.3 Å². The third kappa shape index (κ3) is 2.12. The average molecular weight is 224 g/mol. The number of hydrogen-bond acceptors (Lipinski definition) is 1. The standard InChI is InChI=1S/C13H18ClN/c1-3-4-9(2)12-8-15-13-6-5-10(14)7-11(12)13/h5-7,9,12,15H,3-4,8H2,1-2H3. The Kier molecular flexibility index (Phi) is 3.20. The summed E-state index contributed by atoms with van der Waals surface area (Å²) in [6, 6.07) is 6.17. The number of halogens is 1. The molecule has 82 valence electrons. The van der Waals surface area contributed by atoms with Crippen molar-refractivity contribution in [2.75, 3.05) is 11.9 Å². The lowest BCUT2D eigenvalue weighted by Gasteiger charge is -2.18. The molecular formula is C13H18ClN. The van der Waals surface area contributed by atoms with E-state index in [9.17, 15) is 0 Å². The zero-order chi connectivity index (χ0) is 10.8. The quantitative estimate of drug-likeness (QED) is 0.807. The summed E-state index contributed by atoms with van der Waals surface area (Å²) in [5.41, 5.74) is 2.68. The molecule has 1 aliphatic rings. The zero-order valence-corrected chi connectivity index (χ0v) is 10.1. The van der Waals surface area contributed by atoms with Crippen LogP contribution in [0.2, 0.25) is 5.02 Å². The van der Waals surface area contributed by atoms with Crippen molar-refractivity contribution in [1.29, 1.82) is 0 Å². The van der Waals surface area contributed by atoms with Crippen LogP contribution in [0.1, 0.15) is 38.2 Å². The Bertz CT molecular complexity index is 348. The van der Waals surface area contributed by atoms with Crippen molar-refractivity contribution in [3.8, 4) is 0 Å². The molecular weight excluding hydrogens is 206 g/mol. The van der Waals surface area contributed by atoms with Gasteiger partial charge in [-0.05, 0) is 29.7 Å². The fraction of sp³-hybridized carbons (Fsp3) is 0.538. The van der Waals surface area contributed by atoms with Crippen molar-refractivity contribution in [1.82, 2.24) is 0 Å². The molecule has 0 aromatic heterocycles. The van der Waals surface area contributed by atoms with Crippen LogP contribution in [0.5, 0.6) is 0 Å². The predicted octanol–water partition coefficient (Wildman–Crippen LogP) is 4.29. The van der Waals surface area contributed by atoms with Gasteiger partial charge in [-0.2, -0.15) is 0 Å². The average Bonchev–Trinajstić information content (AvgIpc) is 2.60. The van der Waals surface area contributed by atoms with Gasteiger partial charge in [-0.1, -0.05) is 38.3 Å². The van der Waals surface area contributed by atoms with E-state index < -0.39 is 0 Å². The van der Waals surface area contributed by atoms with E-state index in [0.717, 1.165) is 17.5 Å². The minimum absolute atomic E-state index is 0.638. The van der Waals surface area contributed by atoms with Crippen LogP contribution >= 0.6 is 11.6 Å². The molecule has 1 heterocycles. The summed E-state index contributed by atoms with van der Waals surface area (Å²) in [6.07, 6.45) is 2.55. The summed E-state index contributed by atoms with van der Waals surface area (Å²) in [5, 5.41) is 4.31. The minimum atomic E-state index is 0.638. The molecule has 0 radical (unpaired) electrons. The van der Waals surface area contributed by atoms with Gasteiger partial charge in [0.25, 0.3) is 0 Å². The number of benzene rings is 1. The molecule has 2 unspecified atom stereocenters. The van der Waals surface area contributed by atoms with Crippen molar-refractivity contribution < 1.29 is 0 Å². The Labute approximate surface area is 96.8 Å². The van der Waals surface area contributed by atoms with Crippen LogP contribution < -0.4 is 5.32 Å². The van der Waals surface area contributed by atoms with Crippen LogP contribution in [0.15, 0.2) is 18.2 Å². The lowest BCUT2D eigenvalue weighted by molar-refractivity contribution is 0.447. The molecule has 1 aromatic rings. The molecule has 1 aromatic carbocycles. The van der Waals surface area contributed by atoms with Gasteiger partial charge in [0.05, 0.1) is 0 Å². The van der Waals surface area contributed by atoms with Crippen LogP contribution in [-0.2, 0) is 0 Å². The maximum Gasteiger partial charge on any atom is 0.0410 e. The van der Waals surface area contributed by atoms with Gasteiger partial charge in [-0.25, -0.2) is 0 Å². The summed E-state index contributed by atoms with van der Waals surface area (Å²) < 4.78 is 0. The van der Waals surface area contributed by atoms with E-state index in [-0.39, 0.29) is 0 Å². The van der Waals surface area contributed by atoms with Gasteiger partial charge in [-0.15, -0.1) is 0 Å². The van der Waals surface area contributed by atoms with Gasteiger partial charge in [0.15, 0.2) is 0 Å². The molecule has 0 saturated heterocycles. The Morgan fingerprint density at radius 2 is 2.33 bits per heavy atom. The molecule has 1 N–H and O–H groups in total. The molecule has 0 amide bonds. The first kappa shape index (κ1) is 10.8. The molecule has 2 atom stereocenters. The Morgan fingerprint density at radius 3 is 3.07 bits per heavy atom. The van der Waals surface area contributed by atoms with Crippen LogP contribution in [-0.4, -0.2) is 6.54 Å². The first-order chi connectivity index (χ1) is 7.22. The molecule has 15 heavy (non-hydrogen) atoms. The van der Waals surface area contributed by atoms with Crippen molar-refractivity contribution in [2.45, 2.75) is 32.6 Å². The highest BCUT2D eigenvalue weighted by Crippen LogP contribution is 2.39. The van der Waals surface area contributed by atoms with E-state index in [1.165, 1.54) is 24.1 Å². The van der Waals surface area contributed by atoms with Crippen molar-refractivity contribution in [2.24, 2.45) is 5.92 Å². The highest BCUT2D eigenvalue weighted by molar-refractivity contribution is 6.30. The second-order valence-electron chi connectivity index (χ2n) is 4.48. The molecule has 0 fully saturated rings. The molecule has 0 spiro atoms. The maximum absolute atomic E-state index is 6.04. The first-order valence-corrected chi connectivity index (χ1v) is 6.13. The number of nitrogens with one attached hydrogen (secondary N) is 1. The topological polar surface area (TPSA) is 12.0 Å². The fourth-order valence-corrected chi connectivity index (χ4v) is 2.68. The number of hydrogen-bond donors (Lipinski definition) is 1. The number of anilines is 1. The smallest absolute Gasteiger partial charge is 0.0410 e. The molecule has 2 heteroatoms. The fourth-order valence-electron chi connectivity index (χ4n) is 2.50. The summed E-state index contributed by atoms with van der Waals surface area (Å²) in [6.45, 7) is 5.65. The molecule has 0 bridgehead atoms. The zero-order valence-electron chi connectivity index (χ0n) is 9.39. The van der Waals surface area contributed by atoms with E-state index in [1.54, 1.807) is 0 Å². The van der Waals surface area contributed by atoms with Gasteiger partial charge in [-0.3, -0.25) is 0 Å². The number of fused-ring (bicyclic) bond motifs is 1. The lowest BCUT2D eigenvalue weighted by Crippen LogP contribution is -2.11. The summed E-state index contributed by atoms with van der Waals surface area (Å²) >= 11 is 6.04. The van der Waals surface area contributed by atoms with E-state index >= 15 is 0 Å². The summed E-state index contributed by atoms with van der Waals surface area (Å²) in [5.74, 6) is 1.38. The second-order valence-corrected chi connectivity index (χ2v) is 4.92. The second kappa shape index (κ2) is 4.44. The third-order valence-corrected chi connectivity index (χ3v) is 3.59. The van der Waals surface area contributed by atoms with E-state index in [2.05, 4.69) is 31.3 Å². The van der Waals surface area contributed by atoms with Crippen LogP contribution in [0.3, 0.4) is 0 Å². The predicted molar refractivity (Wildman–Crippen MR) is 66.8 cm³/mol. The molecule has 0 saturated carbocycles. The van der Waals surface area contributed by atoms with Crippen LogP contribution in [0.25, 0.3) is 0 Å². The van der Waals surface area contributed by atoms with Gasteiger partial charge >= 0.3 is 0 Å². The molecule has 1 aliphatic heterocycles. The summed E-state index contributed by atoms with van der Waals surface area (Å²) in [4.78, 5) is 0. The first-order valence-electron chi connectivity index (χ1n) is 5.75. The minimum Gasteiger partial charge on any atom is -0.384 e. The van der Waals surface area contributed by atoms with E-state index in [4.69, 9.17) is 11.6 Å². The van der Waals surface area contributed by atoms with Gasteiger partial charge in [0.2, 0.25) is 0 Å². The third-order valence-electron chi connectivity index (χ3n) is 3.36. The largest absolute Gasteiger partial charge is 0.384 e. The lowest BCUT2D eigenvalue weighted by atomic mass is 9.86. The molecule has 0 aliphatic carbocycles. The van der Waals surface area contributed by atoms with Gasteiger partial charge < -0.3 is 5.32 Å².